The van der Waals surface area contributed by atoms with Gasteiger partial charge in [0.25, 0.3) is 0 Å². The van der Waals surface area contributed by atoms with Crippen LogP contribution in [0.4, 0.5) is 5.69 Å². The number of guanidine groups is 1. The van der Waals surface area contributed by atoms with Crippen LogP contribution in [-0.4, -0.2) is 37.5 Å². The average molecular weight is 383 g/mol. The Balaban J connectivity index is 2.17. The van der Waals surface area contributed by atoms with Gasteiger partial charge in [-0.05, 0) is 42.7 Å². The SMILES string of the molecule is CCNC(=NCc1ccc(OC)c(NC(C)=O)c1)N(C)Cc1ccccc1C. The van der Waals surface area contributed by atoms with E-state index >= 15 is 0 Å². The van der Waals surface area contributed by atoms with E-state index in [4.69, 9.17) is 9.73 Å². The number of carbonyl (C=O) groups is 1. The third-order valence-corrected chi connectivity index (χ3v) is 4.35. The number of carbonyl (C=O) groups excluding carboxylic acids is 1. The number of methoxy groups -OCH3 is 1. The van der Waals surface area contributed by atoms with Crippen LogP contribution in [0.5, 0.6) is 5.75 Å². The Kier molecular flexibility index (Phi) is 7.87. The highest BCUT2D eigenvalue weighted by molar-refractivity contribution is 5.90. The summed E-state index contributed by atoms with van der Waals surface area (Å²) >= 11 is 0. The van der Waals surface area contributed by atoms with Crippen LogP contribution in [0.15, 0.2) is 47.5 Å². The Hall–Kier alpha value is -3.02. The third-order valence-electron chi connectivity index (χ3n) is 4.35. The number of nitrogens with zero attached hydrogens (tertiary/aromatic N) is 2. The second-order valence-corrected chi connectivity index (χ2v) is 6.67. The first-order valence-corrected chi connectivity index (χ1v) is 9.43. The fourth-order valence-corrected chi connectivity index (χ4v) is 2.89. The van der Waals surface area contributed by atoms with Crippen molar-refractivity contribution in [3.05, 3.63) is 59.2 Å². The Morgan fingerprint density at radius 3 is 2.61 bits per heavy atom. The van der Waals surface area contributed by atoms with Crippen LogP contribution < -0.4 is 15.4 Å². The molecule has 0 spiro atoms. The summed E-state index contributed by atoms with van der Waals surface area (Å²) in [6.45, 7) is 7.72. The maximum Gasteiger partial charge on any atom is 0.221 e. The number of aliphatic imine (C=N–C) groups is 1. The molecule has 28 heavy (non-hydrogen) atoms. The number of aryl methyl sites for hydroxylation is 1. The molecule has 0 aliphatic heterocycles. The van der Waals surface area contributed by atoms with Gasteiger partial charge < -0.3 is 20.3 Å². The van der Waals surface area contributed by atoms with E-state index in [1.165, 1.54) is 18.1 Å². The van der Waals surface area contributed by atoms with Gasteiger partial charge in [0.05, 0.1) is 19.3 Å². The fourth-order valence-electron chi connectivity index (χ4n) is 2.89. The molecule has 0 saturated heterocycles. The maximum absolute atomic E-state index is 11.4. The van der Waals surface area contributed by atoms with Crippen molar-refractivity contribution >= 4 is 17.6 Å². The van der Waals surface area contributed by atoms with Crippen molar-refractivity contribution < 1.29 is 9.53 Å². The molecule has 0 fully saturated rings. The summed E-state index contributed by atoms with van der Waals surface area (Å²) in [7, 11) is 3.62. The molecule has 0 heterocycles. The molecule has 0 unspecified atom stereocenters. The highest BCUT2D eigenvalue weighted by atomic mass is 16.5. The first kappa shape index (κ1) is 21.3. The van der Waals surface area contributed by atoms with E-state index < -0.39 is 0 Å². The van der Waals surface area contributed by atoms with Gasteiger partial charge in [-0.1, -0.05) is 30.3 Å². The van der Waals surface area contributed by atoms with E-state index in [1.54, 1.807) is 7.11 Å². The molecule has 0 radical (unpaired) electrons. The van der Waals surface area contributed by atoms with Crippen molar-refractivity contribution in [2.24, 2.45) is 4.99 Å². The van der Waals surface area contributed by atoms with Gasteiger partial charge in [-0.25, -0.2) is 4.99 Å². The largest absolute Gasteiger partial charge is 0.495 e. The lowest BCUT2D eigenvalue weighted by Gasteiger charge is -2.23. The van der Waals surface area contributed by atoms with Gasteiger partial charge in [-0.2, -0.15) is 0 Å². The summed E-state index contributed by atoms with van der Waals surface area (Å²) in [5.74, 6) is 1.33. The molecule has 150 valence electrons. The lowest BCUT2D eigenvalue weighted by Crippen LogP contribution is -2.38. The lowest BCUT2D eigenvalue weighted by molar-refractivity contribution is -0.114. The molecular weight excluding hydrogens is 352 g/mol. The summed E-state index contributed by atoms with van der Waals surface area (Å²) in [6.07, 6.45) is 0. The minimum atomic E-state index is -0.134. The number of hydrogen-bond donors (Lipinski definition) is 2. The smallest absolute Gasteiger partial charge is 0.221 e. The Labute approximate surface area is 167 Å². The predicted octanol–water partition coefficient (Wildman–Crippen LogP) is 3.56. The zero-order valence-electron chi connectivity index (χ0n) is 17.4. The summed E-state index contributed by atoms with van der Waals surface area (Å²) in [5, 5.41) is 6.14. The summed E-state index contributed by atoms with van der Waals surface area (Å²) in [4.78, 5) is 18.3. The quantitative estimate of drug-likeness (QED) is 0.568. The van der Waals surface area contributed by atoms with E-state index in [-0.39, 0.29) is 5.91 Å². The molecule has 6 heteroatoms. The second-order valence-electron chi connectivity index (χ2n) is 6.67. The van der Waals surface area contributed by atoms with Gasteiger partial charge in [-0.15, -0.1) is 0 Å². The minimum Gasteiger partial charge on any atom is -0.495 e. The van der Waals surface area contributed by atoms with Crippen molar-refractivity contribution in [1.82, 2.24) is 10.2 Å². The van der Waals surface area contributed by atoms with Crippen LogP contribution in [0.25, 0.3) is 0 Å². The van der Waals surface area contributed by atoms with E-state index in [2.05, 4.69) is 53.6 Å². The molecule has 1 amide bonds. The topological polar surface area (TPSA) is 66.0 Å². The van der Waals surface area contributed by atoms with Crippen LogP contribution in [0.3, 0.4) is 0 Å². The summed E-state index contributed by atoms with van der Waals surface area (Å²) in [5.41, 5.74) is 4.18. The first-order chi connectivity index (χ1) is 13.4. The first-order valence-electron chi connectivity index (χ1n) is 9.43. The van der Waals surface area contributed by atoms with Crippen LogP contribution in [0.1, 0.15) is 30.5 Å². The van der Waals surface area contributed by atoms with E-state index in [9.17, 15) is 4.79 Å². The van der Waals surface area contributed by atoms with E-state index in [0.717, 1.165) is 24.6 Å². The zero-order valence-corrected chi connectivity index (χ0v) is 17.4. The third kappa shape index (κ3) is 6.01. The van der Waals surface area contributed by atoms with Crippen molar-refractivity contribution in [3.8, 4) is 5.75 Å². The van der Waals surface area contributed by atoms with Gasteiger partial charge in [0.15, 0.2) is 5.96 Å². The number of hydrogen-bond acceptors (Lipinski definition) is 3. The number of anilines is 1. The van der Waals surface area contributed by atoms with Gasteiger partial charge in [0.2, 0.25) is 5.91 Å². The molecule has 2 aromatic rings. The number of nitrogens with one attached hydrogen (secondary N) is 2. The molecule has 0 aliphatic rings. The van der Waals surface area contributed by atoms with Gasteiger partial charge >= 0.3 is 0 Å². The molecule has 2 rings (SSSR count). The van der Waals surface area contributed by atoms with Crippen molar-refractivity contribution in [2.45, 2.75) is 33.9 Å². The van der Waals surface area contributed by atoms with Gasteiger partial charge in [0, 0.05) is 27.1 Å². The van der Waals surface area contributed by atoms with Gasteiger partial charge in [0.1, 0.15) is 5.75 Å². The monoisotopic (exact) mass is 382 g/mol. The van der Waals surface area contributed by atoms with Crippen LogP contribution in [0, 0.1) is 6.92 Å². The van der Waals surface area contributed by atoms with E-state index in [0.29, 0.717) is 18.0 Å². The van der Waals surface area contributed by atoms with Gasteiger partial charge in [-0.3, -0.25) is 4.79 Å². The molecule has 0 atom stereocenters. The summed E-state index contributed by atoms with van der Waals surface area (Å²) in [6, 6.07) is 14.1. The molecule has 0 saturated carbocycles. The maximum atomic E-state index is 11.4. The van der Waals surface area contributed by atoms with Crippen molar-refractivity contribution in [3.63, 3.8) is 0 Å². The molecular formula is C22H30N4O2. The highest BCUT2D eigenvalue weighted by Crippen LogP contribution is 2.25. The second kappa shape index (κ2) is 10.3. The normalized spacial score (nSPS) is 11.1. The standard InChI is InChI=1S/C22H30N4O2/c1-6-23-22(26(4)15-19-10-8-7-9-16(19)2)24-14-18-11-12-21(28-5)20(13-18)25-17(3)27/h7-13H,6,14-15H2,1-5H3,(H,23,24)(H,25,27). The van der Waals surface area contributed by atoms with Crippen LogP contribution in [0.2, 0.25) is 0 Å². The lowest BCUT2D eigenvalue weighted by atomic mass is 10.1. The molecule has 6 nitrogen and oxygen atoms in total. The number of benzene rings is 2. The van der Waals surface area contributed by atoms with Crippen LogP contribution in [-0.2, 0) is 17.9 Å². The van der Waals surface area contributed by atoms with Crippen molar-refractivity contribution in [1.29, 1.82) is 0 Å². The number of amides is 1. The zero-order chi connectivity index (χ0) is 20.5. The average Bonchev–Trinajstić information content (AvgIpc) is 2.66. The molecule has 0 aromatic heterocycles. The molecule has 2 aromatic carbocycles. The molecule has 0 bridgehead atoms. The Bertz CT molecular complexity index is 833. The molecule has 0 aliphatic carbocycles. The Morgan fingerprint density at radius 2 is 1.96 bits per heavy atom. The summed E-state index contributed by atoms with van der Waals surface area (Å²) < 4.78 is 5.31. The number of rotatable bonds is 7. The minimum absolute atomic E-state index is 0.134. The Morgan fingerprint density at radius 1 is 1.21 bits per heavy atom. The van der Waals surface area contributed by atoms with Crippen LogP contribution >= 0.6 is 0 Å². The van der Waals surface area contributed by atoms with Crippen molar-refractivity contribution in [2.75, 3.05) is 26.0 Å². The molecule has 2 N–H and O–H groups in total. The predicted molar refractivity (Wildman–Crippen MR) is 115 cm³/mol. The highest BCUT2D eigenvalue weighted by Gasteiger charge is 2.09. The number of ether oxygens (including phenoxy) is 1. The fraction of sp³-hybridized carbons (Fsp3) is 0.364. The van der Waals surface area contributed by atoms with E-state index in [1.807, 2.05) is 25.2 Å².